The highest BCUT2D eigenvalue weighted by Gasteiger charge is 2.60. The molecule has 0 bridgehead atoms. The van der Waals surface area contributed by atoms with Gasteiger partial charge >= 0.3 is 17.9 Å². The Morgan fingerprint density at radius 3 is 2.50 bits per heavy atom. The summed E-state index contributed by atoms with van der Waals surface area (Å²) in [6, 6.07) is 6.11. The highest BCUT2D eigenvalue weighted by molar-refractivity contribution is 5.95. The molecule has 14 nitrogen and oxygen atoms in total. The maximum absolute atomic E-state index is 13.1. The Hall–Kier alpha value is -4.05. The first-order chi connectivity index (χ1) is 21.0. The Morgan fingerprint density at radius 2 is 1.82 bits per heavy atom. The summed E-state index contributed by atoms with van der Waals surface area (Å²) in [5, 5.41) is 49.8. The van der Waals surface area contributed by atoms with E-state index in [4.69, 9.17) is 28.4 Å². The summed E-state index contributed by atoms with van der Waals surface area (Å²) in [6.07, 6.45) is -2.06. The van der Waals surface area contributed by atoms with Gasteiger partial charge in [-0.1, -0.05) is 18.2 Å². The van der Waals surface area contributed by atoms with Gasteiger partial charge in [-0.2, -0.15) is 0 Å². The van der Waals surface area contributed by atoms with Crippen molar-refractivity contribution in [3.63, 3.8) is 0 Å². The number of methoxy groups -OCH3 is 1. The van der Waals surface area contributed by atoms with E-state index in [0.29, 0.717) is 5.56 Å². The normalized spacial score (nSPS) is 35.0. The minimum absolute atomic E-state index is 0.00226. The third kappa shape index (κ3) is 5.87. The number of aliphatic hydroxyl groups is 4. The number of hydrogen-bond donors (Lipinski definition) is 5. The molecule has 1 aromatic carbocycles. The van der Waals surface area contributed by atoms with Gasteiger partial charge < -0.3 is 54.0 Å². The van der Waals surface area contributed by atoms with Gasteiger partial charge in [0.2, 0.25) is 6.29 Å². The smallest absolute Gasteiger partial charge is 0.338 e. The van der Waals surface area contributed by atoms with E-state index >= 15 is 0 Å². The molecule has 44 heavy (non-hydrogen) atoms. The van der Waals surface area contributed by atoms with Crippen LogP contribution < -0.4 is 0 Å². The second-order valence-electron chi connectivity index (χ2n) is 10.7. The van der Waals surface area contributed by atoms with Crippen LogP contribution in [0.5, 0.6) is 5.75 Å². The number of phenols is 1. The third-order valence-electron chi connectivity index (χ3n) is 7.91. The van der Waals surface area contributed by atoms with Crippen LogP contribution in [0.1, 0.15) is 12.5 Å². The lowest BCUT2D eigenvalue weighted by Gasteiger charge is -2.44. The van der Waals surface area contributed by atoms with Crippen molar-refractivity contribution < 1.29 is 68.3 Å². The molecule has 0 unspecified atom stereocenters. The van der Waals surface area contributed by atoms with Crippen molar-refractivity contribution >= 4 is 24.0 Å². The van der Waals surface area contributed by atoms with Crippen molar-refractivity contribution in [2.75, 3.05) is 13.7 Å². The van der Waals surface area contributed by atoms with Crippen LogP contribution in [0.4, 0.5) is 0 Å². The molecule has 1 saturated heterocycles. The molecule has 1 aromatic rings. The molecule has 236 valence electrons. The molecule has 0 amide bonds. The first-order valence-corrected chi connectivity index (χ1v) is 13.7. The number of phenolic OH excluding ortho intramolecular Hbond substituents is 1. The Morgan fingerprint density at radius 1 is 1.09 bits per heavy atom. The van der Waals surface area contributed by atoms with Gasteiger partial charge in [-0.25, -0.2) is 14.4 Å². The van der Waals surface area contributed by atoms with Crippen LogP contribution in [-0.2, 0) is 42.8 Å². The maximum Gasteiger partial charge on any atom is 0.338 e. The summed E-state index contributed by atoms with van der Waals surface area (Å²) in [5.41, 5.74) is -0.852. The molecule has 5 rings (SSSR count). The van der Waals surface area contributed by atoms with Crippen molar-refractivity contribution in [1.82, 2.24) is 0 Å². The summed E-state index contributed by atoms with van der Waals surface area (Å²) in [6.45, 7) is 0.790. The van der Waals surface area contributed by atoms with Gasteiger partial charge in [0.1, 0.15) is 36.3 Å². The molecule has 1 spiro atoms. The van der Waals surface area contributed by atoms with Gasteiger partial charge in [-0.15, -0.1) is 0 Å². The lowest BCUT2D eigenvalue weighted by atomic mass is 9.78. The van der Waals surface area contributed by atoms with E-state index in [1.54, 1.807) is 18.2 Å². The Labute approximate surface area is 251 Å². The number of ether oxygens (including phenoxy) is 6. The summed E-state index contributed by atoms with van der Waals surface area (Å²) in [7, 11) is 1.18. The lowest BCUT2D eigenvalue weighted by Crippen LogP contribution is -2.60. The number of hydrogen-bond acceptors (Lipinski definition) is 14. The molecule has 4 aliphatic rings. The number of aliphatic hydroxyl groups excluding tert-OH is 4. The first kappa shape index (κ1) is 31.4. The second kappa shape index (κ2) is 12.5. The fraction of sp³-hybridized carbons (Fsp3) is 0.433. The van der Waals surface area contributed by atoms with E-state index in [2.05, 4.69) is 0 Å². The number of carbonyl (C=O) groups is 3. The van der Waals surface area contributed by atoms with Crippen LogP contribution >= 0.6 is 0 Å². The van der Waals surface area contributed by atoms with Crippen molar-refractivity contribution in [3.05, 3.63) is 71.5 Å². The predicted molar refractivity (Wildman–Crippen MR) is 146 cm³/mol. The average Bonchev–Trinajstić information content (AvgIpc) is 3.56. The Kier molecular flexibility index (Phi) is 8.92. The molecule has 10 atom stereocenters. The zero-order valence-corrected chi connectivity index (χ0v) is 23.6. The van der Waals surface area contributed by atoms with Crippen molar-refractivity contribution in [3.8, 4) is 5.75 Å². The monoisotopic (exact) mass is 616 g/mol. The fourth-order valence-corrected chi connectivity index (χ4v) is 5.59. The van der Waals surface area contributed by atoms with Crippen LogP contribution in [-0.4, -0.2) is 106 Å². The molecule has 1 fully saturated rings. The van der Waals surface area contributed by atoms with E-state index in [1.807, 2.05) is 0 Å². The number of fused-ring (bicyclic) bond motifs is 2. The zero-order chi connectivity index (χ0) is 31.8. The number of carbonyl (C=O) groups excluding carboxylic acids is 3. The fourth-order valence-electron chi connectivity index (χ4n) is 5.59. The van der Waals surface area contributed by atoms with Crippen LogP contribution in [0.15, 0.2) is 66.0 Å². The van der Waals surface area contributed by atoms with E-state index in [0.717, 1.165) is 12.3 Å². The molecule has 1 aliphatic carbocycles. The SMILES string of the molecule is COC(=O)C1=CO[C@@H](O[C@@H]2O[C@H](CO)[C@@H](O)[C@H](O)[C@H]2O)[C@H]2[C@@H]1C=C[C@@]21C=C([C@H](C)OC(=O)C=Cc2ccc(O)cc2)C(=O)O1. The van der Waals surface area contributed by atoms with Gasteiger partial charge in [0.15, 0.2) is 11.9 Å². The predicted octanol–water partition coefficient (Wildman–Crippen LogP) is -0.409. The highest BCUT2D eigenvalue weighted by Crippen LogP contribution is 2.51. The standard InChI is InChI=1S/C30H32O14/c1-14(41-21(33)8-5-15-3-6-16(32)7-4-15)18-11-30(44-27(18)38)10-9-17-19(26(37)39-2)13-40-28(22(17)30)43-29-25(36)24(35)23(34)20(12-31)42-29/h3-11,13-14,17,20,22-25,28-29,31-32,34-36H,12H2,1-2H3/t14-,17+,20+,22+,23+,24-,25+,28-,29-,30+/m0/s1. The molecule has 5 N–H and O–H groups in total. The van der Waals surface area contributed by atoms with Gasteiger partial charge in [0, 0.05) is 12.0 Å². The molecule has 14 heteroatoms. The summed E-state index contributed by atoms with van der Waals surface area (Å²) < 4.78 is 33.2. The molecule has 0 aromatic heterocycles. The first-order valence-electron chi connectivity index (χ1n) is 13.7. The largest absolute Gasteiger partial charge is 0.508 e. The minimum atomic E-state index is -1.75. The quantitative estimate of drug-likeness (QED) is 0.109. The zero-order valence-electron chi connectivity index (χ0n) is 23.6. The third-order valence-corrected chi connectivity index (χ3v) is 7.91. The number of aromatic hydroxyl groups is 1. The van der Waals surface area contributed by atoms with Crippen molar-refractivity contribution in [2.24, 2.45) is 11.8 Å². The average molecular weight is 617 g/mol. The van der Waals surface area contributed by atoms with Crippen molar-refractivity contribution in [1.29, 1.82) is 0 Å². The molecule has 3 aliphatic heterocycles. The minimum Gasteiger partial charge on any atom is -0.508 e. The van der Waals surface area contributed by atoms with E-state index in [9.17, 15) is 39.9 Å². The van der Waals surface area contributed by atoms with Crippen LogP contribution in [0.2, 0.25) is 0 Å². The maximum atomic E-state index is 13.1. The number of rotatable bonds is 8. The Balaban J connectivity index is 1.39. The topological polar surface area (TPSA) is 208 Å². The number of benzene rings is 1. The molecular weight excluding hydrogens is 584 g/mol. The van der Waals surface area contributed by atoms with Crippen molar-refractivity contribution in [2.45, 2.75) is 55.6 Å². The molecule has 0 radical (unpaired) electrons. The highest BCUT2D eigenvalue weighted by atomic mass is 16.8. The summed E-state index contributed by atoms with van der Waals surface area (Å²) in [4.78, 5) is 38.2. The lowest BCUT2D eigenvalue weighted by molar-refractivity contribution is -0.344. The van der Waals surface area contributed by atoms with E-state index < -0.39 is 85.1 Å². The summed E-state index contributed by atoms with van der Waals surface area (Å²) in [5.74, 6) is -3.97. The van der Waals surface area contributed by atoms with Gasteiger partial charge in [0.25, 0.3) is 0 Å². The van der Waals surface area contributed by atoms with E-state index in [1.165, 1.54) is 44.4 Å². The van der Waals surface area contributed by atoms with E-state index in [-0.39, 0.29) is 16.9 Å². The molecule has 0 saturated carbocycles. The van der Waals surface area contributed by atoms with Gasteiger partial charge in [0.05, 0.1) is 37.0 Å². The van der Waals surface area contributed by atoms with Crippen LogP contribution in [0, 0.1) is 11.8 Å². The second-order valence-corrected chi connectivity index (χ2v) is 10.7. The molecule has 3 heterocycles. The number of allylic oxidation sites excluding steroid dienone is 1. The molecular formula is C30H32O14. The Bertz CT molecular complexity index is 1390. The summed E-state index contributed by atoms with van der Waals surface area (Å²) >= 11 is 0. The van der Waals surface area contributed by atoms with Gasteiger partial charge in [-0.3, -0.25) is 0 Å². The van der Waals surface area contributed by atoms with Crippen LogP contribution in [0.25, 0.3) is 6.08 Å². The van der Waals surface area contributed by atoms with Gasteiger partial charge in [-0.05, 0) is 42.8 Å². The van der Waals surface area contributed by atoms with Crippen LogP contribution in [0.3, 0.4) is 0 Å². The number of esters is 3.